The summed E-state index contributed by atoms with van der Waals surface area (Å²) in [5.74, 6) is 0.393. The molecule has 176 valence electrons. The van der Waals surface area contributed by atoms with Gasteiger partial charge in [-0.25, -0.2) is 13.4 Å². The van der Waals surface area contributed by atoms with Gasteiger partial charge in [0.15, 0.2) is 16.5 Å². The first-order valence-corrected chi connectivity index (χ1v) is 13.0. The maximum Gasteiger partial charge on any atom is 0.242 e. The molecule has 2 aromatic carbocycles. The Balaban J connectivity index is 1.24. The lowest BCUT2D eigenvalue weighted by molar-refractivity contribution is -0.117. The van der Waals surface area contributed by atoms with Crippen molar-refractivity contribution >= 4 is 37.9 Å². The van der Waals surface area contributed by atoms with E-state index in [2.05, 4.69) is 15.0 Å². The van der Waals surface area contributed by atoms with Gasteiger partial charge in [0.05, 0.1) is 29.8 Å². The Hall–Kier alpha value is -3.41. The van der Waals surface area contributed by atoms with E-state index < -0.39 is 22.0 Å². The SMILES string of the molecule is C[C@@H](NS(=O)(=O)c1ccc2c(c1)OCCCO2)C(=O)Nc1ccc(-c2cn3ccsc3n2)cc1. The fourth-order valence-corrected chi connectivity index (χ4v) is 5.42. The molecule has 5 rings (SSSR count). The smallest absolute Gasteiger partial charge is 0.242 e. The largest absolute Gasteiger partial charge is 0.490 e. The molecule has 11 heteroatoms. The summed E-state index contributed by atoms with van der Waals surface area (Å²) in [6.07, 6.45) is 4.60. The van der Waals surface area contributed by atoms with Gasteiger partial charge in [-0.3, -0.25) is 9.20 Å². The van der Waals surface area contributed by atoms with Gasteiger partial charge in [-0.15, -0.1) is 11.3 Å². The van der Waals surface area contributed by atoms with E-state index >= 15 is 0 Å². The predicted octanol–water partition coefficient (Wildman–Crippen LogP) is 3.53. The molecule has 9 nitrogen and oxygen atoms in total. The Bertz CT molecular complexity index is 1420. The van der Waals surface area contributed by atoms with Crippen LogP contribution in [0.25, 0.3) is 16.2 Å². The highest BCUT2D eigenvalue weighted by Gasteiger charge is 2.24. The Morgan fingerprint density at radius 2 is 1.88 bits per heavy atom. The molecule has 0 radical (unpaired) electrons. The molecule has 0 aliphatic carbocycles. The van der Waals surface area contributed by atoms with E-state index in [4.69, 9.17) is 9.47 Å². The molecule has 1 atom stereocenters. The van der Waals surface area contributed by atoms with Gasteiger partial charge in [0, 0.05) is 41.5 Å². The van der Waals surface area contributed by atoms with Crippen LogP contribution in [0.4, 0.5) is 5.69 Å². The van der Waals surface area contributed by atoms with Crippen molar-refractivity contribution in [1.29, 1.82) is 0 Å². The third kappa shape index (κ3) is 4.63. The van der Waals surface area contributed by atoms with Gasteiger partial charge >= 0.3 is 0 Å². The number of hydrogen-bond donors (Lipinski definition) is 2. The number of amides is 1. The van der Waals surface area contributed by atoms with Crippen LogP contribution in [-0.4, -0.2) is 43.0 Å². The zero-order valence-corrected chi connectivity index (χ0v) is 19.9. The molecule has 3 heterocycles. The van der Waals surface area contributed by atoms with E-state index in [9.17, 15) is 13.2 Å². The number of ether oxygens (including phenoxy) is 2. The summed E-state index contributed by atoms with van der Waals surface area (Å²) in [5, 5.41) is 4.71. The average Bonchev–Trinajstić information content (AvgIpc) is 3.34. The van der Waals surface area contributed by atoms with Gasteiger partial charge in [-0.05, 0) is 31.2 Å². The predicted molar refractivity (Wildman–Crippen MR) is 129 cm³/mol. The van der Waals surface area contributed by atoms with Crippen LogP contribution in [0.3, 0.4) is 0 Å². The van der Waals surface area contributed by atoms with Crippen LogP contribution >= 0.6 is 11.3 Å². The van der Waals surface area contributed by atoms with Gasteiger partial charge in [-0.1, -0.05) is 12.1 Å². The lowest BCUT2D eigenvalue weighted by Crippen LogP contribution is -2.41. The molecule has 4 aromatic rings. The molecule has 1 aliphatic heterocycles. The number of anilines is 1. The zero-order valence-electron chi connectivity index (χ0n) is 18.2. The van der Waals surface area contributed by atoms with Gasteiger partial charge in [-0.2, -0.15) is 4.72 Å². The minimum atomic E-state index is -3.95. The Morgan fingerprint density at radius 1 is 1.12 bits per heavy atom. The highest BCUT2D eigenvalue weighted by molar-refractivity contribution is 7.89. The van der Waals surface area contributed by atoms with Crippen LogP contribution in [0.1, 0.15) is 13.3 Å². The Labute approximate surface area is 200 Å². The number of aromatic nitrogens is 2. The summed E-state index contributed by atoms with van der Waals surface area (Å²) < 4.78 is 41.1. The Kier molecular flexibility index (Phi) is 5.98. The van der Waals surface area contributed by atoms with Crippen LogP contribution in [-0.2, 0) is 14.8 Å². The summed E-state index contributed by atoms with van der Waals surface area (Å²) >= 11 is 1.55. The number of carbonyl (C=O) groups is 1. The molecule has 0 spiro atoms. The number of hydrogen-bond acceptors (Lipinski definition) is 7. The number of rotatable bonds is 6. The van der Waals surface area contributed by atoms with Gasteiger partial charge in [0.25, 0.3) is 0 Å². The van der Waals surface area contributed by atoms with Crippen LogP contribution in [0.5, 0.6) is 11.5 Å². The molecule has 0 saturated carbocycles. The van der Waals surface area contributed by atoms with Crippen LogP contribution < -0.4 is 19.5 Å². The fraction of sp³-hybridized carbons (Fsp3) is 0.217. The summed E-state index contributed by atoms with van der Waals surface area (Å²) in [4.78, 5) is 18.1. The molecule has 0 bridgehead atoms. The molecule has 34 heavy (non-hydrogen) atoms. The van der Waals surface area contributed by atoms with Gasteiger partial charge < -0.3 is 14.8 Å². The minimum absolute atomic E-state index is 0.000672. The third-order valence-corrected chi connectivity index (χ3v) is 7.61. The monoisotopic (exact) mass is 498 g/mol. The second-order valence-corrected chi connectivity index (χ2v) is 10.4. The molecule has 2 N–H and O–H groups in total. The average molecular weight is 499 g/mol. The maximum absolute atomic E-state index is 12.8. The number of carbonyl (C=O) groups excluding carboxylic acids is 1. The van der Waals surface area contributed by atoms with E-state index in [0.717, 1.165) is 16.2 Å². The van der Waals surface area contributed by atoms with E-state index in [0.29, 0.717) is 36.8 Å². The zero-order chi connectivity index (χ0) is 23.7. The first-order chi connectivity index (χ1) is 16.4. The molecule has 2 aromatic heterocycles. The summed E-state index contributed by atoms with van der Waals surface area (Å²) in [6, 6.07) is 10.6. The van der Waals surface area contributed by atoms with Crippen molar-refractivity contribution in [2.75, 3.05) is 18.5 Å². The van der Waals surface area contributed by atoms with Crippen molar-refractivity contribution in [3.05, 3.63) is 60.2 Å². The standard InChI is InChI=1S/C23H22N4O5S2/c1-15(26-34(29,30)18-7-8-20-21(13-18)32-11-2-10-31-20)22(28)24-17-5-3-16(4-6-17)19-14-27-9-12-33-23(27)25-19/h3-9,12-15,26H,2,10-11H2,1H3,(H,24,28)/t15-/m1/s1. The number of sulfonamides is 1. The molecule has 0 saturated heterocycles. The Morgan fingerprint density at radius 3 is 2.65 bits per heavy atom. The van der Waals surface area contributed by atoms with E-state index in [1.165, 1.54) is 19.1 Å². The molecule has 1 amide bonds. The van der Waals surface area contributed by atoms with Crippen molar-refractivity contribution in [3.8, 4) is 22.8 Å². The number of fused-ring (bicyclic) bond motifs is 2. The molecular formula is C23H22N4O5S2. The highest BCUT2D eigenvalue weighted by Crippen LogP contribution is 2.32. The van der Waals surface area contributed by atoms with Crippen LogP contribution in [0, 0.1) is 0 Å². The quantitative estimate of drug-likeness (QED) is 0.421. The van der Waals surface area contributed by atoms with Gasteiger partial charge in [0.2, 0.25) is 15.9 Å². The maximum atomic E-state index is 12.8. The van der Waals surface area contributed by atoms with Crippen molar-refractivity contribution in [3.63, 3.8) is 0 Å². The fourth-order valence-electron chi connectivity index (χ4n) is 3.51. The second-order valence-electron chi connectivity index (χ2n) is 7.79. The first kappa shape index (κ1) is 22.4. The van der Waals surface area contributed by atoms with Crippen molar-refractivity contribution in [1.82, 2.24) is 14.1 Å². The summed E-state index contributed by atoms with van der Waals surface area (Å²) in [6.45, 7) is 2.44. The highest BCUT2D eigenvalue weighted by atomic mass is 32.2. The normalized spacial score (nSPS) is 14.5. The van der Waals surface area contributed by atoms with Gasteiger partial charge in [0.1, 0.15) is 0 Å². The van der Waals surface area contributed by atoms with Crippen molar-refractivity contribution < 1.29 is 22.7 Å². The second kappa shape index (κ2) is 9.09. The minimum Gasteiger partial charge on any atom is -0.490 e. The van der Waals surface area contributed by atoms with E-state index in [1.54, 1.807) is 29.5 Å². The van der Waals surface area contributed by atoms with Crippen molar-refractivity contribution in [2.45, 2.75) is 24.3 Å². The summed E-state index contributed by atoms with van der Waals surface area (Å²) in [5.41, 5.74) is 2.30. The third-order valence-electron chi connectivity index (χ3n) is 5.30. The topological polar surface area (TPSA) is 111 Å². The number of nitrogens with one attached hydrogen (secondary N) is 2. The molecular weight excluding hydrogens is 476 g/mol. The number of imidazole rings is 1. The van der Waals surface area contributed by atoms with E-state index in [-0.39, 0.29) is 4.90 Å². The molecule has 0 fully saturated rings. The van der Waals surface area contributed by atoms with Crippen LogP contribution in [0.2, 0.25) is 0 Å². The number of benzene rings is 2. The van der Waals surface area contributed by atoms with Crippen molar-refractivity contribution in [2.24, 2.45) is 0 Å². The first-order valence-electron chi connectivity index (χ1n) is 10.6. The number of nitrogens with zero attached hydrogens (tertiary/aromatic N) is 2. The molecule has 0 unspecified atom stereocenters. The lowest BCUT2D eigenvalue weighted by atomic mass is 10.1. The van der Waals surface area contributed by atoms with Crippen LogP contribution in [0.15, 0.2) is 65.1 Å². The van der Waals surface area contributed by atoms with E-state index in [1.807, 2.05) is 34.3 Å². The molecule has 1 aliphatic rings. The number of thiazole rings is 1. The summed E-state index contributed by atoms with van der Waals surface area (Å²) in [7, 11) is -3.95. The lowest BCUT2D eigenvalue weighted by Gasteiger charge is -2.15.